The second kappa shape index (κ2) is 5.54. The Balaban J connectivity index is 2.39. The van der Waals surface area contributed by atoms with Crippen LogP contribution in [0.4, 0.5) is 5.82 Å². The van der Waals surface area contributed by atoms with Gasteiger partial charge in [0.1, 0.15) is 5.52 Å². The lowest BCUT2D eigenvalue weighted by molar-refractivity contribution is 0.562. The highest BCUT2D eigenvalue weighted by Crippen LogP contribution is 2.24. The Morgan fingerprint density at radius 2 is 2.20 bits per heavy atom. The number of fused-ring (bicyclic) bond motifs is 1. The molecule has 0 aliphatic carbocycles. The molecule has 0 saturated carbocycles. The van der Waals surface area contributed by atoms with Crippen molar-refractivity contribution in [3.05, 3.63) is 24.2 Å². The van der Waals surface area contributed by atoms with Crippen molar-refractivity contribution in [2.24, 2.45) is 0 Å². The van der Waals surface area contributed by atoms with Crippen LogP contribution in [0.5, 0.6) is 0 Å². The molecular weight excluding hydrogens is 248 g/mol. The summed E-state index contributed by atoms with van der Waals surface area (Å²) < 4.78 is 1.86. The smallest absolute Gasteiger partial charge is 0.153 e. The average Bonchev–Trinajstić information content (AvgIpc) is 2.83. The minimum absolute atomic E-state index is 0.00619. The van der Waals surface area contributed by atoms with Crippen LogP contribution in [0, 0.1) is 12.3 Å². The SMILES string of the molecule is C#CC(CCC)Nc1nccn2nc(C(C)(C)C)cc12. The van der Waals surface area contributed by atoms with Crippen LogP contribution in [0.1, 0.15) is 46.2 Å². The normalized spacial score (nSPS) is 13.2. The third-order valence-electron chi connectivity index (χ3n) is 3.25. The van der Waals surface area contributed by atoms with E-state index in [2.05, 4.69) is 55.1 Å². The minimum Gasteiger partial charge on any atom is -0.355 e. The highest BCUT2D eigenvalue weighted by atomic mass is 15.2. The van der Waals surface area contributed by atoms with E-state index in [1.54, 1.807) is 6.20 Å². The van der Waals surface area contributed by atoms with Gasteiger partial charge in [0.2, 0.25) is 0 Å². The van der Waals surface area contributed by atoms with Crippen molar-refractivity contribution in [1.29, 1.82) is 0 Å². The minimum atomic E-state index is 0.00619. The molecule has 0 spiro atoms. The molecule has 106 valence electrons. The lowest BCUT2D eigenvalue weighted by Gasteiger charge is -2.13. The summed E-state index contributed by atoms with van der Waals surface area (Å²) in [5.74, 6) is 3.57. The Morgan fingerprint density at radius 1 is 1.45 bits per heavy atom. The van der Waals surface area contributed by atoms with Crippen molar-refractivity contribution in [2.75, 3.05) is 5.32 Å². The molecule has 2 aromatic rings. The van der Waals surface area contributed by atoms with E-state index in [-0.39, 0.29) is 11.5 Å². The molecule has 0 saturated heterocycles. The molecule has 1 N–H and O–H groups in total. The van der Waals surface area contributed by atoms with Gasteiger partial charge in [-0.15, -0.1) is 6.42 Å². The molecule has 0 bridgehead atoms. The Morgan fingerprint density at radius 3 is 2.80 bits per heavy atom. The van der Waals surface area contributed by atoms with Gasteiger partial charge in [-0.05, 0) is 12.5 Å². The van der Waals surface area contributed by atoms with Gasteiger partial charge in [0, 0.05) is 17.8 Å². The van der Waals surface area contributed by atoms with Crippen molar-refractivity contribution >= 4 is 11.3 Å². The van der Waals surface area contributed by atoms with Crippen LogP contribution in [0.2, 0.25) is 0 Å². The van der Waals surface area contributed by atoms with Gasteiger partial charge in [0.05, 0.1) is 11.7 Å². The van der Waals surface area contributed by atoms with Gasteiger partial charge in [-0.2, -0.15) is 5.10 Å². The van der Waals surface area contributed by atoms with Gasteiger partial charge < -0.3 is 5.32 Å². The predicted octanol–water partition coefficient (Wildman–Crippen LogP) is 3.24. The van der Waals surface area contributed by atoms with Gasteiger partial charge in [-0.3, -0.25) is 0 Å². The van der Waals surface area contributed by atoms with Crippen molar-refractivity contribution in [1.82, 2.24) is 14.6 Å². The topological polar surface area (TPSA) is 42.2 Å². The summed E-state index contributed by atoms with van der Waals surface area (Å²) in [6.07, 6.45) is 11.1. The van der Waals surface area contributed by atoms with E-state index in [4.69, 9.17) is 6.42 Å². The maximum absolute atomic E-state index is 5.56. The summed E-state index contributed by atoms with van der Waals surface area (Å²) in [5.41, 5.74) is 2.02. The largest absolute Gasteiger partial charge is 0.355 e. The third-order valence-corrected chi connectivity index (χ3v) is 3.25. The summed E-state index contributed by atoms with van der Waals surface area (Å²) in [7, 11) is 0. The van der Waals surface area contributed by atoms with Crippen LogP contribution in [-0.2, 0) is 5.41 Å². The molecule has 0 radical (unpaired) electrons. The number of nitrogens with one attached hydrogen (secondary N) is 1. The van der Waals surface area contributed by atoms with Crippen LogP contribution in [0.25, 0.3) is 5.52 Å². The first-order valence-electron chi connectivity index (χ1n) is 7.03. The Hall–Kier alpha value is -2.02. The van der Waals surface area contributed by atoms with Crippen molar-refractivity contribution in [2.45, 2.75) is 52.0 Å². The second-order valence-corrected chi connectivity index (χ2v) is 6.04. The zero-order valence-corrected chi connectivity index (χ0v) is 12.6. The van der Waals surface area contributed by atoms with E-state index >= 15 is 0 Å². The number of terminal acetylenes is 1. The molecule has 0 amide bonds. The van der Waals surface area contributed by atoms with E-state index < -0.39 is 0 Å². The van der Waals surface area contributed by atoms with E-state index in [1.165, 1.54) is 0 Å². The molecule has 20 heavy (non-hydrogen) atoms. The standard InChI is InChI=1S/C16H22N4/c1-6-8-12(7-2)18-15-13-11-14(16(3,4)5)19-20(13)10-9-17-15/h2,9-12H,6,8H2,1,3-5H3,(H,17,18). The number of nitrogens with zero attached hydrogens (tertiary/aromatic N) is 3. The molecule has 2 rings (SSSR count). The van der Waals surface area contributed by atoms with E-state index in [9.17, 15) is 0 Å². The van der Waals surface area contributed by atoms with Crippen LogP contribution in [0.15, 0.2) is 18.5 Å². The monoisotopic (exact) mass is 270 g/mol. The average molecular weight is 270 g/mol. The van der Waals surface area contributed by atoms with Gasteiger partial charge in [-0.25, -0.2) is 9.50 Å². The maximum atomic E-state index is 5.56. The van der Waals surface area contributed by atoms with E-state index in [0.717, 1.165) is 29.9 Å². The molecule has 0 aliphatic heterocycles. The summed E-state index contributed by atoms with van der Waals surface area (Å²) in [5, 5.41) is 7.94. The van der Waals surface area contributed by atoms with Crippen LogP contribution >= 0.6 is 0 Å². The summed E-state index contributed by atoms with van der Waals surface area (Å²) in [6.45, 7) is 8.57. The number of hydrogen-bond donors (Lipinski definition) is 1. The first-order chi connectivity index (χ1) is 9.45. The fraction of sp³-hybridized carbons (Fsp3) is 0.500. The summed E-state index contributed by atoms with van der Waals surface area (Å²) >= 11 is 0. The zero-order valence-electron chi connectivity index (χ0n) is 12.6. The molecular formula is C16H22N4. The fourth-order valence-corrected chi connectivity index (χ4v) is 2.05. The van der Waals surface area contributed by atoms with Crippen LogP contribution in [-0.4, -0.2) is 20.6 Å². The Labute approximate surface area is 120 Å². The molecule has 0 aliphatic rings. The molecule has 1 atom stereocenters. The molecule has 1 unspecified atom stereocenters. The molecule has 0 fully saturated rings. The summed E-state index contributed by atoms with van der Waals surface area (Å²) in [4.78, 5) is 4.40. The number of aromatic nitrogens is 3. The van der Waals surface area contributed by atoms with E-state index in [1.807, 2.05) is 10.7 Å². The Bertz CT molecular complexity index is 628. The molecule has 4 nitrogen and oxygen atoms in total. The van der Waals surface area contributed by atoms with Crippen molar-refractivity contribution in [3.63, 3.8) is 0 Å². The fourth-order valence-electron chi connectivity index (χ4n) is 2.05. The van der Waals surface area contributed by atoms with Gasteiger partial charge in [-0.1, -0.05) is 40.0 Å². The highest BCUT2D eigenvalue weighted by molar-refractivity contribution is 5.68. The van der Waals surface area contributed by atoms with Gasteiger partial charge in [0.25, 0.3) is 0 Å². The first-order valence-corrected chi connectivity index (χ1v) is 7.03. The maximum Gasteiger partial charge on any atom is 0.153 e. The highest BCUT2D eigenvalue weighted by Gasteiger charge is 2.19. The number of rotatable bonds is 4. The third kappa shape index (κ3) is 2.93. The van der Waals surface area contributed by atoms with Gasteiger partial charge >= 0.3 is 0 Å². The zero-order chi connectivity index (χ0) is 14.8. The second-order valence-electron chi connectivity index (χ2n) is 6.04. The summed E-state index contributed by atoms with van der Waals surface area (Å²) in [6, 6.07) is 2.08. The number of anilines is 1. The van der Waals surface area contributed by atoms with E-state index in [0.29, 0.717) is 0 Å². The molecule has 2 heterocycles. The van der Waals surface area contributed by atoms with Crippen LogP contribution in [0.3, 0.4) is 0 Å². The Kier molecular flexibility index (Phi) is 3.99. The quantitative estimate of drug-likeness (QED) is 0.867. The molecule has 0 aromatic carbocycles. The van der Waals surface area contributed by atoms with Crippen molar-refractivity contribution in [3.8, 4) is 12.3 Å². The first kappa shape index (κ1) is 14.4. The lowest BCUT2D eigenvalue weighted by atomic mass is 9.92. The van der Waals surface area contributed by atoms with Crippen molar-refractivity contribution < 1.29 is 0 Å². The lowest BCUT2D eigenvalue weighted by Crippen LogP contribution is -2.18. The van der Waals surface area contributed by atoms with Gasteiger partial charge in [0.15, 0.2) is 5.82 Å². The number of hydrogen-bond acceptors (Lipinski definition) is 3. The molecule has 4 heteroatoms. The predicted molar refractivity (Wildman–Crippen MR) is 82.8 cm³/mol. The van der Waals surface area contributed by atoms with Crippen LogP contribution < -0.4 is 5.32 Å². The molecule has 2 aromatic heterocycles.